The maximum absolute atomic E-state index is 14.2. The number of amides is 1. The van der Waals surface area contributed by atoms with E-state index in [1.165, 1.54) is 6.07 Å². The Balaban J connectivity index is 1.59. The summed E-state index contributed by atoms with van der Waals surface area (Å²) in [7, 11) is 0. The van der Waals surface area contributed by atoms with Gasteiger partial charge >= 0.3 is 0 Å². The molecule has 0 spiro atoms. The van der Waals surface area contributed by atoms with Crippen molar-refractivity contribution >= 4 is 11.6 Å². The molecule has 2 N–H and O–H groups in total. The van der Waals surface area contributed by atoms with Gasteiger partial charge in [-0.3, -0.25) is 4.79 Å². The summed E-state index contributed by atoms with van der Waals surface area (Å²) in [5.41, 5.74) is 0.498. The van der Waals surface area contributed by atoms with Gasteiger partial charge < -0.3 is 15.4 Å². The first-order valence-electron chi connectivity index (χ1n) is 8.62. The van der Waals surface area contributed by atoms with Crippen molar-refractivity contribution in [3.05, 3.63) is 24.0 Å². The number of halogens is 1. The highest BCUT2D eigenvalue weighted by Gasteiger charge is 2.25. The largest absolute Gasteiger partial charge is 0.487 e. The number of carbonyl (C=O) groups is 1. The molecule has 0 radical (unpaired) electrons. The van der Waals surface area contributed by atoms with Gasteiger partial charge in [-0.15, -0.1) is 0 Å². The summed E-state index contributed by atoms with van der Waals surface area (Å²) in [6, 6.07) is 5.04. The SMILES string of the molecule is C[C@H]1C[C@@H](C(=O)Nc2ccc(OC3CCCC3)c(F)c2)CCN1. The lowest BCUT2D eigenvalue weighted by Crippen LogP contribution is -2.40. The van der Waals surface area contributed by atoms with E-state index in [1.54, 1.807) is 12.1 Å². The Kier molecular flexibility index (Phi) is 5.16. The molecule has 0 unspecified atom stereocenters. The molecule has 1 aromatic carbocycles. The van der Waals surface area contributed by atoms with Gasteiger partial charge in [0.25, 0.3) is 0 Å². The van der Waals surface area contributed by atoms with Crippen LogP contribution in [0.4, 0.5) is 10.1 Å². The number of rotatable bonds is 4. The summed E-state index contributed by atoms with van der Waals surface area (Å²) in [5.74, 6) is -0.162. The molecule has 2 aliphatic rings. The molecule has 1 aliphatic heterocycles. The third-order valence-corrected chi connectivity index (χ3v) is 4.79. The Labute approximate surface area is 136 Å². The molecule has 1 saturated heterocycles. The summed E-state index contributed by atoms with van der Waals surface area (Å²) in [6.07, 6.45) is 6.04. The first kappa shape index (κ1) is 16.2. The summed E-state index contributed by atoms with van der Waals surface area (Å²) < 4.78 is 19.9. The van der Waals surface area contributed by atoms with Crippen LogP contribution < -0.4 is 15.4 Å². The number of piperidine rings is 1. The Morgan fingerprint density at radius 3 is 2.78 bits per heavy atom. The summed E-state index contributed by atoms with van der Waals surface area (Å²) in [6.45, 7) is 2.93. The monoisotopic (exact) mass is 320 g/mol. The number of hydrogen-bond acceptors (Lipinski definition) is 3. The predicted molar refractivity (Wildman–Crippen MR) is 88.1 cm³/mol. The molecule has 23 heavy (non-hydrogen) atoms. The molecule has 0 bridgehead atoms. The van der Waals surface area contributed by atoms with Crippen LogP contribution in [-0.2, 0) is 4.79 Å². The zero-order valence-electron chi connectivity index (χ0n) is 13.6. The maximum Gasteiger partial charge on any atom is 0.227 e. The number of ether oxygens (including phenoxy) is 1. The second-order valence-corrected chi connectivity index (χ2v) is 6.74. The van der Waals surface area contributed by atoms with Gasteiger partial charge in [-0.05, 0) is 64.1 Å². The highest BCUT2D eigenvalue weighted by Crippen LogP contribution is 2.28. The molecule has 1 saturated carbocycles. The molecular weight excluding hydrogens is 295 g/mol. The van der Waals surface area contributed by atoms with Gasteiger partial charge in [-0.1, -0.05) is 0 Å². The number of nitrogens with one attached hydrogen (secondary N) is 2. The Morgan fingerprint density at radius 2 is 2.09 bits per heavy atom. The molecule has 0 aromatic heterocycles. The minimum atomic E-state index is -0.409. The fourth-order valence-electron chi connectivity index (χ4n) is 3.47. The summed E-state index contributed by atoms with van der Waals surface area (Å²) >= 11 is 0. The van der Waals surface area contributed by atoms with Crippen molar-refractivity contribution in [2.75, 3.05) is 11.9 Å². The predicted octanol–water partition coefficient (Wildman–Crippen LogP) is 3.47. The fourth-order valence-corrected chi connectivity index (χ4v) is 3.47. The van der Waals surface area contributed by atoms with Gasteiger partial charge in [0, 0.05) is 23.7 Å². The summed E-state index contributed by atoms with van der Waals surface area (Å²) in [5, 5.41) is 6.16. The van der Waals surface area contributed by atoms with Crippen LogP contribution in [0.3, 0.4) is 0 Å². The zero-order valence-corrected chi connectivity index (χ0v) is 13.6. The maximum atomic E-state index is 14.2. The van der Waals surface area contributed by atoms with Crippen LogP contribution >= 0.6 is 0 Å². The molecule has 2 fully saturated rings. The second kappa shape index (κ2) is 7.30. The van der Waals surface area contributed by atoms with Crippen molar-refractivity contribution in [3.63, 3.8) is 0 Å². The molecule has 3 rings (SSSR count). The first-order chi connectivity index (χ1) is 11.1. The van der Waals surface area contributed by atoms with Crippen LogP contribution in [0.5, 0.6) is 5.75 Å². The minimum absolute atomic E-state index is 0.0104. The van der Waals surface area contributed by atoms with Crippen LogP contribution in [0.25, 0.3) is 0 Å². The van der Waals surface area contributed by atoms with Crippen molar-refractivity contribution in [1.82, 2.24) is 5.32 Å². The van der Waals surface area contributed by atoms with Crippen molar-refractivity contribution in [3.8, 4) is 5.75 Å². The van der Waals surface area contributed by atoms with Crippen molar-refractivity contribution < 1.29 is 13.9 Å². The lowest BCUT2D eigenvalue weighted by atomic mass is 9.92. The van der Waals surface area contributed by atoms with Crippen molar-refractivity contribution in [2.24, 2.45) is 5.92 Å². The molecule has 1 amide bonds. The van der Waals surface area contributed by atoms with E-state index in [0.717, 1.165) is 45.1 Å². The van der Waals surface area contributed by atoms with Crippen LogP contribution in [-0.4, -0.2) is 24.6 Å². The van der Waals surface area contributed by atoms with Crippen molar-refractivity contribution in [1.29, 1.82) is 0 Å². The second-order valence-electron chi connectivity index (χ2n) is 6.74. The molecule has 126 valence electrons. The average Bonchev–Trinajstić information content (AvgIpc) is 3.03. The van der Waals surface area contributed by atoms with E-state index < -0.39 is 5.82 Å². The van der Waals surface area contributed by atoms with Gasteiger partial charge in [-0.25, -0.2) is 4.39 Å². The van der Waals surface area contributed by atoms with Gasteiger partial charge in [0.05, 0.1) is 6.10 Å². The third-order valence-electron chi connectivity index (χ3n) is 4.79. The topological polar surface area (TPSA) is 50.4 Å². The highest BCUT2D eigenvalue weighted by atomic mass is 19.1. The normalized spacial score (nSPS) is 25.3. The Hall–Kier alpha value is -1.62. The van der Waals surface area contributed by atoms with E-state index in [0.29, 0.717) is 11.7 Å². The van der Waals surface area contributed by atoms with E-state index in [1.807, 2.05) is 0 Å². The van der Waals surface area contributed by atoms with Crippen LogP contribution in [0.1, 0.15) is 45.4 Å². The fraction of sp³-hybridized carbons (Fsp3) is 0.611. The molecule has 2 atom stereocenters. The molecule has 1 heterocycles. The molecule has 1 aliphatic carbocycles. The third kappa shape index (κ3) is 4.22. The van der Waals surface area contributed by atoms with E-state index in [4.69, 9.17) is 4.74 Å². The molecule has 4 nitrogen and oxygen atoms in total. The lowest BCUT2D eigenvalue weighted by Gasteiger charge is -2.27. The number of benzene rings is 1. The average molecular weight is 320 g/mol. The van der Waals surface area contributed by atoms with E-state index >= 15 is 0 Å². The lowest BCUT2D eigenvalue weighted by molar-refractivity contribution is -0.120. The van der Waals surface area contributed by atoms with Crippen LogP contribution in [0.15, 0.2) is 18.2 Å². The molecule has 1 aromatic rings. The first-order valence-corrected chi connectivity index (χ1v) is 8.62. The molecular formula is C18H25FN2O2. The van der Waals surface area contributed by atoms with Gasteiger partial charge in [0.15, 0.2) is 11.6 Å². The standard InChI is InChI=1S/C18H25FN2O2/c1-12-10-13(8-9-20-12)18(22)21-14-6-7-17(16(19)11-14)23-15-4-2-3-5-15/h6-7,11-13,15,20H,2-5,8-10H2,1H3,(H,21,22)/t12-,13-/m0/s1. The van der Waals surface area contributed by atoms with E-state index in [2.05, 4.69) is 17.6 Å². The molecule has 5 heteroatoms. The van der Waals surface area contributed by atoms with Gasteiger partial charge in [0.1, 0.15) is 0 Å². The van der Waals surface area contributed by atoms with E-state index in [-0.39, 0.29) is 23.7 Å². The number of hydrogen-bond donors (Lipinski definition) is 2. The highest BCUT2D eigenvalue weighted by molar-refractivity contribution is 5.92. The quantitative estimate of drug-likeness (QED) is 0.893. The number of anilines is 1. The van der Waals surface area contributed by atoms with Gasteiger partial charge in [-0.2, -0.15) is 0 Å². The summed E-state index contributed by atoms with van der Waals surface area (Å²) in [4.78, 5) is 12.3. The van der Waals surface area contributed by atoms with Crippen molar-refractivity contribution in [2.45, 2.75) is 57.6 Å². The number of carbonyl (C=O) groups excluding carboxylic acids is 1. The van der Waals surface area contributed by atoms with E-state index in [9.17, 15) is 9.18 Å². The van der Waals surface area contributed by atoms with Crippen LogP contribution in [0, 0.1) is 11.7 Å². The smallest absolute Gasteiger partial charge is 0.227 e. The zero-order chi connectivity index (χ0) is 16.2. The van der Waals surface area contributed by atoms with Gasteiger partial charge in [0.2, 0.25) is 5.91 Å². The van der Waals surface area contributed by atoms with Crippen LogP contribution in [0.2, 0.25) is 0 Å². The Bertz CT molecular complexity index is 558. The Morgan fingerprint density at radius 1 is 1.30 bits per heavy atom. The minimum Gasteiger partial charge on any atom is -0.487 e.